The molecule has 25 heavy (non-hydrogen) atoms. The van der Waals surface area contributed by atoms with Crippen LogP contribution in [0.15, 0.2) is 48.5 Å². The van der Waals surface area contributed by atoms with Gasteiger partial charge in [0.25, 0.3) is 0 Å². The average molecular weight is 375 g/mol. The zero-order valence-electron chi connectivity index (χ0n) is 13.7. The van der Waals surface area contributed by atoms with Crippen LogP contribution in [0.1, 0.15) is 5.82 Å². The fourth-order valence-electron chi connectivity index (χ4n) is 2.28. The molecule has 0 fully saturated rings. The molecule has 0 spiro atoms. The van der Waals surface area contributed by atoms with Crippen LogP contribution in [0.4, 0.5) is 23.0 Å². The van der Waals surface area contributed by atoms with E-state index in [4.69, 9.17) is 27.9 Å². The van der Waals surface area contributed by atoms with Gasteiger partial charge in [0.1, 0.15) is 23.2 Å². The van der Waals surface area contributed by atoms with Gasteiger partial charge in [-0.15, -0.1) is 0 Å². The number of nitrogens with zero attached hydrogens (tertiary/aromatic N) is 2. The number of methoxy groups -OCH3 is 1. The Morgan fingerprint density at radius 1 is 0.920 bits per heavy atom. The van der Waals surface area contributed by atoms with Gasteiger partial charge in [-0.1, -0.05) is 29.3 Å². The number of aryl methyl sites for hydroxylation is 1. The van der Waals surface area contributed by atoms with E-state index in [-0.39, 0.29) is 0 Å². The first-order chi connectivity index (χ1) is 12.0. The molecule has 0 aliphatic rings. The molecule has 0 aliphatic heterocycles. The fraction of sp³-hybridized carbons (Fsp3) is 0.111. The molecule has 0 radical (unpaired) electrons. The van der Waals surface area contributed by atoms with Gasteiger partial charge in [0, 0.05) is 22.8 Å². The molecule has 5 nitrogen and oxygen atoms in total. The average Bonchev–Trinajstić information content (AvgIpc) is 2.58. The zero-order chi connectivity index (χ0) is 17.8. The molecule has 0 unspecified atom stereocenters. The Balaban J connectivity index is 1.86. The molecular formula is C18H16Cl2N4O. The summed E-state index contributed by atoms with van der Waals surface area (Å²) in [6.45, 7) is 1.82. The van der Waals surface area contributed by atoms with Crippen molar-refractivity contribution in [1.82, 2.24) is 9.97 Å². The van der Waals surface area contributed by atoms with E-state index in [1.165, 1.54) is 0 Å². The van der Waals surface area contributed by atoms with Gasteiger partial charge in [0.2, 0.25) is 0 Å². The Kier molecular flexibility index (Phi) is 5.26. The van der Waals surface area contributed by atoms with Gasteiger partial charge >= 0.3 is 0 Å². The largest absolute Gasteiger partial charge is 0.497 e. The van der Waals surface area contributed by atoms with Crippen LogP contribution < -0.4 is 15.4 Å². The van der Waals surface area contributed by atoms with Gasteiger partial charge in [0.15, 0.2) is 0 Å². The molecule has 1 aromatic heterocycles. The van der Waals surface area contributed by atoms with Gasteiger partial charge < -0.3 is 15.4 Å². The van der Waals surface area contributed by atoms with Crippen molar-refractivity contribution in [2.45, 2.75) is 6.92 Å². The summed E-state index contributed by atoms with van der Waals surface area (Å²) in [7, 11) is 1.63. The van der Waals surface area contributed by atoms with E-state index in [9.17, 15) is 0 Å². The topological polar surface area (TPSA) is 59.1 Å². The van der Waals surface area contributed by atoms with E-state index in [1.54, 1.807) is 31.4 Å². The molecule has 0 atom stereocenters. The normalized spacial score (nSPS) is 10.4. The number of hydrogen-bond acceptors (Lipinski definition) is 5. The predicted molar refractivity (Wildman–Crippen MR) is 103 cm³/mol. The third kappa shape index (κ3) is 4.53. The van der Waals surface area contributed by atoms with Crippen LogP contribution in [0, 0.1) is 6.92 Å². The number of benzene rings is 2. The van der Waals surface area contributed by atoms with Crippen LogP contribution in [-0.2, 0) is 0 Å². The van der Waals surface area contributed by atoms with Crippen molar-refractivity contribution < 1.29 is 4.74 Å². The smallest absolute Gasteiger partial charge is 0.136 e. The molecule has 3 aromatic rings. The van der Waals surface area contributed by atoms with E-state index < -0.39 is 0 Å². The van der Waals surface area contributed by atoms with Crippen molar-refractivity contribution in [2.24, 2.45) is 0 Å². The maximum atomic E-state index is 6.19. The standard InChI is InChI=1S/C18H16Cl2N4O/c1-11-21-17(23-13-4-3-5-14(9-13)25-2)10-18(22-11)24-16-8-12(19)6-7-15(16)20/h3-10H,1-2H3,(H2,21,22,23,24). The van der Waals surface area contributed by atoms with E-state index in [0.717, 1.165) is 11.4 Å². The summed E-state index contributed by atoms with van der Waals surface area (Å²) in [5, 5.41) is 7.56. The second-order valence-corrected chi connectivity index (χ2v) is 6.14. The van der Waals surface area contributed by atoms with E-state index in [0.29, 0.717) is 33.2 Å². The minimum absolute atomic E-state index is 0.558. The highest BCUT2D eigenvalue weighted by Crippen LogP contribution is 2.29. The maximum Gasteiger partial charge on any atom is 0.136 e. The monoisotopic (exact) mass is 374 g/mol. The SMILES string of the molecule is COc1cccc(Nc2cc(Nc3cc(Cl)ccc3Cl)nc(C)n2)c1. The number of ether oxygens (including phenoxy) is 1. The zero-order valence-corrected chi connectivity index (χ0v) is 15.2. The van der Waals surface area contributed by atoms with E-state index >= 15 is 0 Å². The summed E-state index contributed by atoms with van der Waals surface area (Å²) in [5.41, 5.74) is 1.55. The van der Waals surface area contributed by atoms with Crippen molar-refractivity contribution in [3.05, 3.63) is 64.4 Å². The first kappa shape index (κ1) is 17.3. The van der Waals surface area contributed by atoms with Gasteiger partial charge in [-0.25, -0.2) is 9.97 Å². The summed E-state index contributed by atoms with van der Waals surface area (Å²) in [6.07, 6.45) is 0. The first-order valence-corrected chi connectivity index (χ1v) is 8.28. The van der Waals surface area contributed by atoms with Gasteiger partial charge in [-0.05, 0) is 37.3 Å². The molecule has 2 N–H and O–H groups in total. The summed E-state index contributed by atoms with van der Waals surface area (Å²) in [4.78, 5) is 8.79. The molecule has 3 rings (SSSR count). The van der Waals surface area contributed by atoms with Crippen LogP contribution in [0.25, 0.3) is 0 Å². The van der Waals surface area contributed by atoms with E-state index in [2.05, 4.69) is 20.6 Å². The van der Waals surface area contributed by atoms with Gasteiger partial charge in [-0.3, -0.25) is 0 Å². The molecular weight excluding hydrogens is 359 g/mol. The highest BCUT2D eigenvalue weighted by atomic mass is 35.5. The quantitative estimate of drug-likeness (QED) is 0.609. The molecule has 0 saturated carbocycles. The number of nitrogens with one attached hydrogen (secondary N) is 2. The Morgan fingerprint density at radius 3 is 2.44 bits per heavy atom. The van der Waals surface area contributed by atoms with Crippen molar-refractivity contribution in [1.29, 1.82) is 0 Å². The minimum atomic E-state index is 0.558. The summed E-state index contributed by atoms with van der Waals surface area (Å²) < 4.78 is 5.23. The summed E-state index contributed by atoms with van der Waals surface area (Å²) in [5.74, 6) is 2.65. The number of aromatic nitrogens is 2. The summed E-state index contributed by atoms with van der Waals surface area (Å²) in [6, 6.07) is 14.6. The number of hydrogen-bond donors (Lipinski definition) is 2. The van der Waals surface area contributed by atoms with Crippen molar-refractivity contribution >= 4 is 46.2 Å². The third-order valence-electron chi connectivity index (χ3n) is 3.37. The minimum Gasteiger partial charge on any atom is -0.497 e. The van der Waals surface area contributed by atoms with Crippen LogP contribution in [0.5, 0.6) is 5.75 Å². The molecule has 0 amide bonds. The van der Waals surface area contributed by atoms with Crippen LogP contribution in [0.3, 0.4) is 0 Å². The highest BCUT2D eigenvalue weighted by molar-refractivity contribution is 6.35. The Morgan fingerprint density at radius 2 is 1.68 bits per heavy atom. The molecule has 0 saturated heterocycles. The summed E-state index contributed by atoms with van der Waals surface area (Å²) >= 11 is 12.2. The van der Waals surface area contributed by atoms with Crippen LogP contribution in [-0.4, -0.2) is 17.1 Å². The van der Waals surface area contributed by atoms with Crippen LogP contribution in [0.2, 0.25) is 10.0 Å². The molecule has 0 aliphatic carbocycles. The number of anilines is 4. The number of rotatable bonds is 5. The van der Waals surface area contributed by atoms with Crippen LogP contribution >= 0.6 is 23.2 Å². The third-order valence-corrected chi connectivity index (χ3v) is 3.94. The Bertz CT molecular complexity index is 902. The Labute approximate surface area is 156 Å². The lowest BCUT2D eigenvalue weighted by molar-refractivity contribution is 0.415. The molecule has 2 aromatic carbocycles. The lowest BCUT2D eigenvalue weighted by atomic mass is 10.3. The van der Waals surface area contributed by atoms with Crippen molar-refractivity contribution in [3.63, 3.8) is 0 Å². The van der Waals surface area contributed by atoms with Gasteiger partial charge in [-0.2, -0.15) is 0 Å². The lowest BCUT2D eigenvalue weighted by Crippen LogP contribution is -2.02. The van der Waals surface area contributed by atoms with E-state index in [1.807, 2.05) is 31.2 Å². The highest BCUT2D eigenvalue weighted by Gasteiger charge is 2.07. The maximum absolute atomic E-state index is 6.19. The predicted octanol–water partition coefficient (Wildman–Crippen LogP) is 5.59. The second kappa shape index (κ2) is 7.59. The van der Waals surface area contributed by atoms with Crippen molar-refractivity contribution in [2.75, 3.05) is 17.7 Å². The molecule has 7 heteroatoms. The number of halogens is 2. The first-order valence-electron chi connectivity index (χ1n) is 7.52. The molecule has 1 heterocycles. The fourth-order valence-corrected chi connectivity index (χ4v) is 2.61. The molecule has 128 valence electrons. The molecule has 0 bridgehead atoms. The second-order valence-electron chi connectivity index (χ2n) is 5.29. The van der Waals surface area contributed by atoms with Crippen molar-refractivity contribution in [3.8, 4) is 5.75 Å². The Hall–Kier alpha value is -2.50. The van der Waals surface area contributed by atoms with Gasteiger partial charge in [0.05, 0.1) is 17.8 Å². The lowest BCUT2D eigenvalue weighted by Gasteiger charge is -2.12.